The first-order chi connectivity index (χ1) is 9.54. The van der Waals surface area contributed by atoms with Crippen molar-refractivity contribution in [1.29, 1.82) is 0 Å². The molecule has 0 aliphatic rings. The second kappa shape index (κ2) is 6.14. The Kier molecular flexibility index (Phi) is 4.50. The summed E-state index contributed by atoms with van der Waals surface area (Å²) in [5.74, 6) is -0.979. The van der Waals surface area contributed by atoms with Gasteiger partial charge < -0.3 is 5.32 Å². The number of rotatable bonds is 4. The molecular weight excluding hydrogens is 256 g/mol. The van der Waals surface area contributed by atoms with Crippen molar-refractivity contribution in [2.45, 2.75) is 26.3 Å². The highest BCUT2D eigenvalue weighted by atomic mass is 19.1. The minimum atomic E-state index is -0.489. The second-order valence-electron chi connectivity index (χ2n) is 5.05. The van der Waals surface area contributed by atoms with Gasteiger partial charge in [0.1, 0.15) is 11.6 Å². The van der Waals surface area contributed by atoms with E-state index in [9.17, 15) is 8.78 Å². The molecule has 3 heteroatoms. The third-order valence-electron chi connectivity index (χ3n) is 3.71. The Morgan fingerprint density at radius 1 is 0.950 bits per heavy atom. The van der Waals surface area contributed by atoms with Gasteiger partial charge in [-0.2, -0.15) is 0 Å². The SMILES string of the molecule is CNC(Cc1c(F)cccc1F)c1c(C)cccc1C. The van der Waals surface area contributed by atoms with Gasteiger partial charge in [0.15, 0.2) is 0 Å². The van der Waals surface area contributed by atoms with E-state index in [0.717, 1.165) is 16.7 Å². The number of hydrogen-bond acceptors (Lipinski definition) is 1. The maximum Gasteiger partial charge on any atom is 0.129 e. The van der Waals surface area contributed by atoms with Crippen LogP contribution in [0.3, 0.4) is 0 Å². The van der Waals surface area contributed by atoms with E-state index < -0.39 is 11.6 Å². The van der Waals surface area contributed by atoms with Crippen molar-refractivity contribution in [3.8, 4) is 0 Å². The molecule has 0 heterocycles. The van der Waals surface area contributed by atoms with Gasteiger partial charge >= 0.3 is 0 Å². The lowest BCUT2D eigenvalue weighted by Crippen LogP contribution is -2.22. The summed E-state index contributed by atoms with van der Waals surface area (Å²) in [7, 11) is 1.81. The first-order valence-corrected chi connectivity index (χ1v) is 6.71. The predicted octanol–water partition coefficient (Wildman–Crippen LogP) is 4.08. The van der Waals surface area contributed by atoms with E-state index in [-0.39, 0.29) is 11.6 Å². The third kappa shape index (κ3) is 2.88. The Labute approximate surface area is 118 Å². The molecule has 0 saturated heterocycles. The fourth-order valence-corrected chi connectivity index (χ4v) is 2.66. The zero-order valence-corrected chi connectivity index (χ0v) is 12.0. The first-order valence-electron chi connectivity index (χ1n) is 6.71. The molecule has 1 N–H and O–H groups in total. The zero-order chi connectivity index (χ0) is 14.7. The average molecular weight is 275 g/mol. The number of benzene rings is 2. The lowest BCUT2D eigenvalue weighted by molar-refractivity contribution is 0.513. The number of aryl methyl sites for hydroxylation is 2. The van der Waals surface area contributed by atoms with Crippen molar-refractivity contribution in [2.75, 3.05) is 7.05 Å². The average Bonchev–Trinajstić information content (AvgIpc) is 2.40. The Morgan fingerprint density at radius 3 is 1.95 bits per heavy atom. The Morgan fingerprint density at radius 2 is 1.45 bits per heavy atom. The van der Waals surface area contributed by atoms with E-state index in [0.29, 0.717) is 6.42 Å². The summed E-state index contributed by atoms with van der Waals surface area (Å²) in [6.07, 6.45) is 0.292. The van der Waals surface area contributed by atoms with Crippen molar-refractivity contribution in [1.82, 2.24) is 5.32 Å². The number of hydrogen-bond donors (Lipinski definition) is 1. The highest BCUT2D eigenvalue weighted by Gasteiger charge is 2.18. The molecule has 2 aromatic rings. The molecule has 0 bridgehead atoms. The molecule has 0 saturated carbocycles. The molecule has 1 atom stereocenters. The largest absolute Gasteiger partial charge is 0.313 e. The maximum absolute atomic E-state index is 13.8. The van der Waals surface area contributed by atoms with Crippen molar-refractivity contribution in [2.24, 2.45) is 0 Å². The van der Waals surface area contributed by atoms with Gasteiger partial charge in [0.2, 0.25) is 0 Å². The van der Waals surface area contributed by atoms with E-state index >= 15 is 0 Å². The molecule has 0 aliphatic heterocycles. The van der Waals surface area contributed by atoms with E-state index in [1.54, 1.807) is 0 Å². The predicted molar refractivity (Wildman–Crippen MR) is 77.8 cm³/mol. The molecule has 2 rings (SSSR count). The Bertz CT molecular complexity index is 567. The molecule has 106 valence electrons. The van der Waals surface area contributed by atoms with Crippen LogP contribution in [-0.4, -0.2) is 7.05 Å². The topological polar surface area (TPSA) is 12.0 Å². The van der Waals surface area contributed by atoms with Crippen LogP contribution >= 0.6 is 0 Å². The van der Waals surface area contributed by atoms with E-state index in [1.807, 2.05) is 39.1 Å². The second-order valence-corrected chi connectivity index (χ2v) is 5.05. The molecule has 1 nitrogen and oxygen atoms in total. The van der Waals surface area contributed by atoms with Crippen molar-refractivity contribution < 1.29 is 8.78 Å². The van der Waals surface area contributed by atoms with E-state index in [2.05, 4.69) is 5.32 Å². The van der Waals surface area contributed by atoms with Crippen molar-refractivity contribution in [3.63, 3.8) is 0 Å². The number of likely N-dealkylation sites (N-methyl/N-ethyl adjacent to an activating group) is 1. The quantitative estimate of drug-likeness (QED) is 0.886. The zero-order valence-electron chi connectivity index (χ0n) is 12.0. The van der Waals surface area contributed by atoms with Crippen molar-refractivity contribution in [3.05, 3.63) is 70.3 Å². The van der Waals surface area contributed by atoms with Crippen LogP contribution in [0.15, 0.2) is 36.4 Å². The summed E-state index contributed by atoms with van der Waals surface area (Å²) in [5, 5.41) is 3.17. The van der Waals surface area contributed by atoms with Crippen LogP contribution in [0.4, 0.5) is 8.78 Å². The number of nitrogens with one attached hydrogen (secondary N) is 1. The standard InChI is InChI=1S/C17H19F2N/c1-11-6-4-7-12(2)17(11)16(20-3)10-13-14(18)8-5-9-15(13)19/h4-9,16,20H,10H2,1-3H3. The van der Waals surface area contributed by atoms with Crippen LogP contribution < -0.4 is 5.32 Å². The normalized spacial score (nSPS) is 12.4. The minimum absolute atomic E-state index is 0.109. The molecular formula is C17H19F2N. The fraction of sp³-hybridized carbons (Fsp3) is 0.294. The molecule has 0 amide bonds. The molecule has 0 spiro atoms. The fourth-order valence-electron chi connectivity index (χ4n) is 2.66. The van der Waals surface area contributed by atoms with Gasteiger partial charge in [-0.1, -0.05) is 24.3 Å². The molecule has 0 aliphatic carbocycles. The molecule has 0 fully saturated rings. The highest BCUT2D eigenvalue weighted by Crippen LogP contribution is 2.26. The summed E-state index contributed by atoms with van der Waals surface area (Å²) >= 11 is 0. The van der Waals surface area contributed by atoms with Gasteiger partial charge in [0, 0.05) is 11.6 Å². The van der Waals surface area contributed by atoms with Gasteiger partial charge in [-0.15, -0.1) is 0 Å². The van der Waals surface area contributed by atoms with E-state index in [4.69, 9.17) is 0 Å². The summed E-state index contributed by atoms with van der Waals surface area (Å²) in [4.78, 5) is 0. The van der Waals surface area contributed by atoms with Crippen LogP contribution in [-0.2, 0) is 6.42 Å². The summed E-state index contributed by atoms with van der Waals surface area (Å²) in [6.45, 7) is 4.04. The highest BCUT2D eigenvalue weighted by molar-refractivity contribution is 5.37. The van der Waals surface area contributed by atoms with Crippen LogP contribution in [0.1, 0.15) is 28.3 Å². The maximum atomic E-state index is 13.8. The summed E-state index contributed by atoms with van der Waals surface area (Å²) in [6, 6.07) is 9.91. The van der Waals surface area contributed by atoms with Crippen LogP contribution in [0.2, 0.25) is 0 Å². The van der Waals surface area contributed by atoms with Gasteiger partial charge in [0.05, 0.1) is 0 Å². The van der Waals surface area contributed by atoms with Crippen LogP contribution in [0, 0.1) is 25.5 Å². The monoisotopic (exact) mass is 275 g/mol. The molecule has 1 unspecified atom stereocenters. The lowest BCUT2D eigenvalue weighted by Gasteiger charge is -2.21. The summed E-state index contributed by atoms with van der Waals surface area (Å²) in [5.41, 5.74) is 3.49. The number of halogens is 2. The molecule has 0 radical (unpaired) electrons. The first kappa shape index (κ1) is 14.7. The van der Waals surface area contributed by atoms with Crippen molar-refractivity contribution >= 4 is 0 Å². The minimum Gasteiger partial charge on any atom is -0.313 e. The van der Waals surface area contributed by atoms with Gasteiger partial charge in [-0.25, -0.2) is 8.78 Å². The van der Waals surface area contributed by atoms with Crippen LogP contribution in [0.25, 0.3) is 0 Å². The van der Waals surface area contributed by atoms with Gasteiger partial charge in [-0.05, 0) is 56.1 Å². The Hall–Kier alpha value is -1.74. The van der Waals surface area contributed by atoms with Crippen LogP contribution in [0.5, 0.6) is 0 Å². The van der Waals surface area contributed by atoms with Gasteiger partial charge in [-0.3, -0.25) is 0 Å². The lowest BCUT2D eigenvalue weighted by atomic mass is 9.91. The molecule has 20 heavy (non-hydrogen) atoms. The molecule has 0 aromatic heterocycles. The smallest absolute Gasteiger partial charge is 0.129 e. The van der Waals surface area contributed by atoms with E-state index in [1.165, 1.54) is 18.2 Å². The van der Waals surface area contributed by atoms with Gasteiger partial charge in [0.25, 0.3) is 0 Å². The summed E-state index contributed by atoms with van der Waals surface area (Å²) < 4.78 is 27.6. The third-order valence-corrected chi connectivity index (χ3v) is 3.71. The molecule has 2 aromatic carbocycles. The Balaban J connectivity index is 2.39.